The van der Waals surface area contributed by atoms with Gasteiger partial charge in [-0.05, 0) is 76.4 Å². The van der Waals surface area contributed by atoms with Crippen molar-refractivity contribution in [2.24, 2.45) is 0 Å². The molecular weight excluding hydrogens is 514 g/mol. The van der Waals surface area contributed by atoms with E-state index in [9.17, 15) is 14.4 Å². The van der Waals surface area contributed by atoms with Crippen LogP contribution in [-0.2, 0) is 14.3 Å². The van der Waals surface area contributed by atoms with E-state index in [4.69, 9.17) is 9.47 Å². The number of nitrogens with one attached hydrogen (secondary N) is 2. The number of carbonyl (C=O) groups is 3. The Hall–Kier alpha value is -3.20. The fourth-order valence-electron chi connectivity index (χ4n) is 4.20. The van der Waals surface area contributed by atoms with Gasteiger partial charge >= 0.3 is 6.09 Å². The molecule has 2 aromatic rings. The van der Waals surface area contributed by atoms with Crippen molar-refractivity contribution >= 4 is 36.2 Å². The van der Waals surface area contributed by atoms with Gasteiger partial charge in [0.15, 0.2) is 0 Å². The molecule has 2 rings (SSSR count). The average Bonchev–Trinajstić information content (AvgIpc) is 2.86. The zero-order chi connectivity index (χ0) is 29.2. The minimum Gasteiger partial charge on any atom is -0.497 e. The average molecular weight is 558 g/mol. The Labute approximate surface area is 238 Å². The van der Waals surface area contributed by atoms with E-state index in [1.54, 1.807) is 57.0 Å². The highest BCUT2D eigenvalue weighted by atomic mass is 32.1. The summed E-state index contributed by atoms with van der Waals surface area (Å²) in [6.45, 7) is 11.6. The van der Waals surface area contributed by atoms with Gasteiger partial charge in [-0.2, -0.15) is 12.6 Å². The summed E-state index contributed by atoms with van der Waals surface area (Å²) in [6, 6.07) is 10.9. The second kappa shape index (κ2) is 14.8. The molecule has 0 fully saturated rings. The molecule has 0 saturated heterocycles. The second-order valence-corrected chi connectivity index (χ2v) is 11.0. The van der Waals surface area contributed by atoms with Gasteiger partial charge < -0.3 is 25.0 Å². The van der Waals surface area contributed by atoms with E-state index in [1.807, 2.05) is 32.0 Å². The zero-order valence-electron chi connectivity index (χ0n) is 24.2. The summed E-state index contributed by atoms with van der Waals surface area (Å²) in [7, 11) is 1.58. The number of thiol groups is 1. The highest BCUT2D eigenvalue weighted by Crippen LogP contribution is 2.29. The van der Waals surface area contributed by atoms with Crippen molar-refractivity contribution in [3.05, 3.63) is 59.2 Å². The predicted octanol–water partition coefficient (Wildman–Crippen LogP) is 5.83. The van der Waals surface area contributed by atoms with Crippen LogP contribution in [0.15, 0.2) is 42.5 Å². The highest BCUT2D eigenvalue weighted by Gasteiger charge is 2.36. The quantitative estimate of drug-likeness (QED) is 0.225. The molecule has 0 aliphatic carbocycles. The Morgan fingerprint density at radius 1 is 1.03 bits per heavy atom. The minimum absolute atomic E-state index is 0.0437. The summed E-state index contributed by atoms with van der Waals surface area (Å²) in [4.78, 5) is 42.1. The third-order valence-corrected chi connectivity index (χ3v) is 6.46. The van der Waals surface area contributed by atoms with Crippen LogP contribution in [0.25, 0.3) is 0 Å². The van der Waals surface area contributed by atoms with E-state index in [1.165, 1.54) is 0 Å². The van der Waals surface area contributed by atoms with E-state index < -0.39 is 29.7 Å². The van der Waals surface area contributed by atoms with Crippen molar-refractivity contribution in [1.29, 1.82) is 0 Å². The lowest BCUT2D eigenvalue weighted by atomic mass is 9.96. The molecule has 9 heteroatoms. The third kappa shape index (κ3) is 9.80. The van der Waals surface area contributed by atoms with Crippen molar-refractivity contribution < 1.29 is 23.9 Å². The smallest absolute Gasteiger partial charge is 0.408 e. The first-order chi connectivity index (χ1) is 18.4. The number of nitrogens with zero attached hydrogens (tertiary/aromatic N) is 1. The summed E-state index contributed by atoms with van der Waals surface area (Å²) in [5, 5.41) is 5.62. The monoisotopic (exact) mass is 557 g/mol. The second-order valence-electron chi connectivity index (χ2n) is 10.6. The maximum absolute atomic E-state index is 14.0. The standard InChI is InChI=1S/C30H43N3O5S/c1-8-9-10-17-33(28(35)25(19-39)32-29(36)38-30(4,5)6)26(24-16-11-20(2)18-21(24)3)27(34)31-22-12-14-23(37-7)15-13-22/h11-16,18,25-26,39H,8-10,17,19H2,1-7H3,(H,31,34)(H,32,36). The molecule has 2 unspecified atom stereocenters. The highest BCUT2D eigenvalue weighted by molar-refractivity contribution is 7.80. The molecule has 0 spiro atoms. The zero-order valence-corrected chi connectivity index (χ0v) is 25.1. The van der Waals surface area contributed by atoms with E-state index in [2.05, 4.69) is 30.2 Å². The number of amides is 3. The SMILES string of the molecule is CCCCCN(C(=O)C(CS)NC(=O)OC(C)(C)C)C(C(=O)Nc1ccc(OC)cc1)c1ccc(C)cc1C. The van der Waals surface area contributed by atoms with Crippen LogP contribution < -0.4 is 15.4 Å². The number of anilines is 1. The van der Waals surface area contributed by atoms with E-state index in [-0.39, 0.29) is 11.7 Å². The number of hydrogen-bond acceptors (Lipinski definition) is 6. The van der Waals surface area contributed by atoms with E-state index >= 15 is 0 Å². The first-order valence-corrected chi connectivity index (χ1v) is 14.0. The number of alkyl carbamates (subject to hydrolysis) is 1. The van der Waals surface area contributed by atoms with Crippen LogP contribution in [0, 0.1) is 13.8 Å². The van der Waals surface area contributed by atoms with Gasteiger partial charge in [-0.25, -0.2) is 4.79 Å². The normalized spacial score (nSPS) is 12.7. The maximum Gasteiger partial charge on any atom is 0.408 e. The summed E-state index contributed by atoms with van der Waals surface area (Å²) in [5.74, 6) is -0.0451. The van der Waals surface area contributed by atoms with E-state index in [0.29, 0.717) is 30.0 Å². The number of unbranched alkanes of at least 4 members (excludes halogenated alkanes) is 2. The van der Waals surface area contributed by atoms with Crippen LogP contribution in [0.3, 0.4) is 0 Å². The van der Waals surface area contributed by atoms with E-state index in [0.717, 1.165) is 24.0 Å². The summed E-state index contributed by atoms with van der Waals surface area (Å²) < 4.78 is 10.6. The van der Waals surface area contributed by atoms with Gasteiger partial charge in [0.1, 0.15) is 23.4 Å². The minimum atomic E-state index is -0.980. The van der Waals surface area contributed by atoms with Gasteiger partial charge in [0.05, 0.1) is 7.11 Å². The Morgan fingerprint density at radius 3 is 2.23 bits per heavy atom. The first-order valence-electron chi connectivity index (χ1n) is 13.3. The maximum atomic E-state index is 14.0. The molecular formula is C30H43N3O5S. The molecule has 0 saturated carbocycles. The lowest BCUT2D eigenvalue weighted by Crippen LogP contribution is -2.53. The molecule has 0 aliphatic heterocycles. The van der Waals surface area contributed by atoms with Crippen molar-refractivity contribution in [3.8, 4) is 5.75 Å². The molecule has 0 radical (unpaired) electrons. The van der Waals surface area contributed by atoms with Crippen molar-refractivity contribution in [2.75, 3.05) is 24.7 Å². The molecule has 8 nitrogen and oxygen atoms in total. The summed E-state index contributed by atoms with van der Waals surface area (Å²) in [6.07, 6.45) is 1.81. The number of aryl methyl sites for hydroxylation is 2. The molecule has 3 amide bonds. The molecule has 2 N–H and O–H groups in total. The Balaban J connectivity index is 2.51. The number of ether oxygens (including phenoxy) is 2. The van der Waals surface area contributed by atoms with Gasteiger partial charge in [0, 0.05) is 18.0 Å². The summed E-state index contributed by atoms with van der Waals surface area (Å²) in [5.41, 5.74) is 2.50. The molecule has 2 atom stereocenters. The largest absolute Gasteiger partial charge is 0.497 e. The van der Waals surface area contributed by atoms with Gasteiger partial charge in [0.25, 0.3) is 5.91 Å². The number of rotatable bonds is 12. The van der Waals surface area contributed by atoms with Crippen LogP contribution in [0.4, 0.5) is 10.5 Å². The van der Waals surface area contributed by atoms with Gasteiger partial charge in [-0.3, -0.25) is 9.59 Å². The molecule has 0 aromatic heterocycles. The van der Waals surface area contributed by atoms with Crippen molar-refractivity contribution in [1.82, 2.24) is 10.2 Å². The number of benzene rings is 2. The van der Waals surface area contributed by atoms with Gasteiger partial charge in [0.2, 0.25) is 5.91 Å². The van der Waals surface area contributed by atoms with Crippen LogP contribution >= 0.6 is 12.6 Å². The number of carbonyl (C=O) groups excluding carboxylic acids is 3. The fourth-order valence-corrected chi connectivity index (χ4v) is 4.45. The van der Waals surface area contributed by atoms with Crippen LogP contribution in [-0.4, -0.2) is 53.9 Å². The number of hydrogen-bond donors (Lipinski definition) is 3. The third-order valence-electron chi connectivity index (χ3n) is 6.09. The molecule has 0 heterocycles. The van der Waals surface area contributed by atoms with Crippen molar-refractivity contribution in [3.63, 3.8) is 0 Å². The van der Waals surface area contributed by atoms with Crippen molar-refractivity contribution in [2.45, 2.75) is 78.5 Å². The lowest BCUT2D eigenvalue weighted by Gasteiger charge is -2.35. The van der Waals surface area contributed by atoms with Crippen LogP contribution in [0.2, 0.25) is 0 Å². The molecule has 0 bridgehead atoms. The molecule has 39 heavy (non-hydrogen) atoms. The summed E-state index contributed by atoms with van der Waals surface area (Å²) >= 11 is 4.36. The first kappa shape index (κ1) is 32.0. The lowest BCUT2D eigenvalue weighted by molar-refractivity contribution is -0.140. The van der Waals surface area contributed by atoms with Crippen LogP contribution in [0.1, 0.15) is 69.7 Å². The van der Waals surface area contributed by atoms with Gasteiger partial charge in [-0.15, -0.1) is 0 Å². The Morgan fingerprint density at radius 2 is 1.69 bits per heavy atom. The fraction of sp³-hybridized carbons (Fsp3) is 0.500. The molecule has 2 aromatic carbocycles. The van der Waals surface area contributed by atoms with Crippen LogP contribution in [0.5, 0.6) is 5.75 Å². The Bertz CT molecular complexity index is 1110. The molecule has 0 aliphatic rings. The van der Waals surface area contributed by atoms with Gasteiger partial charge in [-0.1, -0.05) is 43.5 Å². The predicted molar refractivity (Wildman–Crippen MR) is 159 cm³/mol. The number of methoxy groups -OCH3 is 1. The topological polar surface area (TPSA) is 97.0 Å². The Kier molecular flexibility index (Phi) is 12.2. The molecule has 214 valence electrons.